The summed E-state index contributed by atoms with van der Waals surface area (Å²) in [6.07, 6.45) is 3.07. The van der Waals surface area contributed by atoms with E-state index in [2.05, 4.69) is 12.2 Å². The molecule has 162 valence electrons. The molecule has 3 heterocycles. The Bertz CT molecular complexity index is 1230. The van der Waals surface area contributed by atoms with Gasteiger partial charge < -0.3 is 14.8 Å². The zero-order chi connectivity index (χ0) is 21.5. The molecular formula is C22H23N3O4S2. The lowest BCUT2D eigenvalue weighted by molar-refractivity contribution is -0.113. The Kier molecular flexibility index (Phi) is 5.39. The van der Waals surface area contributed by atoms with Gasteiger partial charge in [0.25, 0.3) is 5.56 Å². The topological polar surface area (TPSA) is 82.5 Å². The van der Waals surface area contributed by atoms with Gasteiger partial charge in [-0.25, -0.2) is 4.98 Å². The maximum atomic E-state index is 13.2. The van der Waals surface area contributed by atoms with E-state index >= 15 is 0 Å². The van der Waals surface area contributed by atoms with Gasteiger partial charge in [-0.2, -0.15) is 0 Å². The van der Waals surface area contributed by atoms with Gasteiger partial charge in [0.05, 0.1) is 11.1 Å². The normalized spacial score (nSPS) is 17.0. The number of ether oxygens (including phenoxy) is 2. The lowest BCUT2D eigenvalue weighted by atomic mass is 9.89. The summed E-state index contributed by atoms with van der Waals surface area (Å²) in [5.41, 5.74) is 1.85. The van der Waals surface area contributed by atoms with Crippen LogP contribution in [0.1, 0.15) is 30.7 Å². The van der Waals surface area contributed by atoms with Gasteiger partial charge in [-0.3, -0.25) is 14.2 Å². The van der Waals surface area contributed by atoms with Crippen LogP contribution in [-0.2, 0) is 24.2 Å². The van der Waals surface area contributed by atoms with Crippen LogP contribution >= 0.6 is 23.1 Å². The van der Waals surface area contributed by atoms with Crippen LogP contribution in [0.15, 0.2) is 28.2 Å². The molecule has 1 aliphatic carbocycles. The summed E-state index contributed by atoms with van der Waals surface area (Å²) in [4.78, 5) is 32.6. The number of carbonyl (C=O) groups is 1. The summed E-state index contributed by atoms with van der Waals surface area (Å²) in [6, 6.07) is 5.29. The number of hydrogen-bond donors (Lipinski definition) is 1. The first kappa shape index (κ1) is 20.4. The fraction of sp³-hybridized carbons (Fsp3) is 0.409. The van der Waals surface area contributed by atoms with Crippen molar-refractivity contribution in [3.05, 3.63) is 39.0 Å². The summed E-state index contributed by atoms with van der Waals surface area (Å²) < 4.78 is 12.3. The molecule has 9 heteroatoms. The SMILES string of the molecule is CCn1c(SCC(=O)Nc2ccc3c(c2)OCO3)nc2sc3c(c2c1=O)CCC(C)C3. The quantitative estimate of drug-likeness (QED) is 0.460. The number of thiophene rings is 1. The van der Waals surface area contributed by atoms with E-state index in [0.717, 1.165) is 29.5 Å². The Morgan fingerprint density at radius 1 is 1.35 bits per heavy atom. The van der Waals surface area contributed by atoms with E-state index in [-0.39, 0.29) is 24.0 Å². The van der Waals surface area contributed by atoms with Crippen LogP contribution in [0.5, 0.6) is 11.5 Å². The monoisotopic (exact) mass is 457 g/mol. The lowest BCUT2D eigenvalue weighted by Crippen LogP contribution is -2.24. The number of rotatable bonds is 5. The first-order valence-corrected chi connectivity index (χ1v) is 12.2. The Morgan fingerprint density at radius 3 is 3.03 bits per heavy atom. The number of aromatic nitrogens is 2. The van der Waals surface area contributed by atoms with Crippen molar-refractivity contribution >= 4 is 44.9 Å². The highest BCUT2D eigenvalue weighted by molar-refractivity contribution is 7.99. The second kappa shape index (κ2) is 8.20. The molecule has 1 unspecified atom stereocenters. The number of amides is 1. The number of nitrogens with one attached hydrogen (secondary N) is 1. The van der Waals surface area contributed by atoms with Gasteiger partial charge in [-0.05, 0) is 49.8 Å². The van der Waals surface area contributed by atoms with Gasteiger partial charge in [0, 0.05) is 23.2 Å². The molecular weight excluding hydrogens is 434 g/mol. The predicted octanol–water partition coefficient (Wildman–Crippen LogP) is 4.06. The van der Waals surface area contributed by atoms with Gasteiger partial charge in [0.15, 0.2) is 16.7 Å². The molecule has 0 bridgehead atoms. The van der Waals surface area contributed by atoms with Crippen LogP contribution < -0.4 is 20.3 Å². The lowest BCUT2D eigenvalue weighted by Gasteiger charge is -2.17. The molecule has 0 saturated heterocycles. The van der Waals surface area contributed by atoms with E-state index in [1.807, 2.05) is 6.92 Å². The Balaban J connectivity index is 1.36. The highest BCUT2D eigenvalue weighted by atomic mass is 32.2. The number of anilines is 1. The standard InChI is InChI=1S/C22H23N3O4S2/c1-3-25-21(27)19-14-6-4-12(2)8-17(14)31-20(19)24-22(25)30-10-18(26)23-13-5-7-15-16(9-13)29-11-28-15/h5,7,9,12H,3-4,6,8,10-11H2,1-2H3,(H,23,26). The van der Waals surface area contributed by atoms with Gasteiger partial charge >= 0.3 is 0 Å². The third kappa shape index (κ3) is 3.80. The zero-order valence-corrected chi connectivity index (χ0v) is 19.0. The molecule has 1 N–H and O–H groups in total. The number of hydrogen-bond acceptors (Lipinski definition) is 7. The molecule has 1 aliphatic heterocycles. The highest BCUT2D eigenvalue weighted by Gasteiger charge is 2.24. The Morgan fingerprint density at radius 2 is 2.19 bits per heavy atom. The van der Waals surface area contributed by atoms with E-state index in [1.54, 1.807) is 34.1 Å². The number of fused-ring (bicyclic) bond motifs is 4. The summed E-state index contributed by atoms with van der Waals surface area (Å²) in [5.74, 6) is 1.93. The van der Waals surface area contributed by atoms with Crippen molar-refractivity contribution < 1.29 is 14.3 Å². The molecule has 3 aromatic rings. The maximum Gasteiger partial charge on any atom is 0.263 e. The molecule has 5 rings (SSSR count). The van der Waals surface area contributed by atoms with Gasteiger partial charge in [-0.15, -0.1) is 11.3 Å². The Hall–Kier alpha value is -2.52. The second-order valence-electron chi connectivity index (χ2n) is 7.88. The van der Waals surface area contributed by atoms with E-state index in [0.29, 0.717) is 34.8 Å². The molecule has 0 fully saturated rings. The van der Waals surface area contributed by atoms with Crippen LogP contribution in [0.2, 0.25) is 0 Å². The van der Waals surface area contributed by atoms with Crippen molar-refractivity contribution in [2.75, 3.05) is 17.9 Å². The highest BCUT2D eigenvalue weighted by Crippen LogP contribution is 2.37. The maximum absolute atomic E-state index is 13.2. The van der Waals surface area contributed by atoms with E-state index in [1.165, 1.54) is 22.2 Å². The molecule has 1 aromatic carbocycles. The summed E-state index contributed by atoms with van der Waals surface area (Å²) >= 11 is 2.93. The molecule has 2 aliphatic rings. The molecule has 31 heavy (non-hydrogen) atoms. The molecule has 2 aromatic heterocycles. The van der Waals surface area contributed by atoms with Crippen molar-refractivity contribution in [3.8, 4) is 11.5 Å². The largest absolute Gasteiger partial charge is 0.454 e. The number of thioether (sulfide) groups is 1. The van der Waals surface area contributed by atoms with Crippen molar-refractivity contribution in [1.29, 1.82) is 0 Å². The fourth-order valence-electron chi connectivity index (χ4n) is 4.10. The molecule has 0 radical (unpaired) electrons. The first-order chi connectivity index (χ1) is 15.0. The van der Waals surface area contributed by atoms with Crippen molar-refractivity contribution in [2.24, 2.45) is 5.92 Å². The minimum absolute atomic E-state index is 0.0123. The van der Waals surface area contributed by atoms with Crippen LogP contribution in [0, 0.1) is 5.92 Å². The second-order valence-corrected chi connectivity index (χ2v) is 9.91. The van der Waals surface area contributed by atoms with Crippen LogP contribution in [0.25, 0.3) is 10.2 Å². The average molecular weight is 458 g/mol. The van der Waals surface area contributed by atoms with E-state index in [9.17, 15) is 9.59 Å². The smallest absolute Gasteiger partial charge is 0.263 e. The summed E-state index contributed by atoms with van der Waals surface area (Å²) in [5, 5.41) is 4.24. The average Bonchev–Trinajstić information content (AvgIpc) is 3.35. The van der Waals surface area contributed by atoms with Crippen molar-refractivity contribution in [3.63, 3.8) is 0 Å². The minimum Gasteiger partial charge on any atom is -0.454 e. The third-order valence-electron chi connectivity index (χ3n) is 5.69. The molecule has 7 nitrogen and oxygen atoms in total. The van der Waals surface area contributed by atoms with Crippen molar-refractivity contribution in [1.82, 2.24) is 9.55 Å². The fourth-order valence-corrected chi connectivity index (χ4v) is 6.38. The number of nitrogens with zero attached hydrogens (tertiary/aromatic N) is 2. The van der Waals surface area contributed by atoms with E-state index < -0.39 is 0 Å². The molecule has 0 spiro atoms. The van der Waals surface area contributed by atoms with Crippen LogP contribution in [0.4, 0.5) is 5.69 Å². The molecule has 1 atom stereocenters. The minimum atomic E-state index is -0.167. The van der Waals surface area contributed by atoms with Crippen LogP contribution in [-0.4, -0.2) is 28.0 Å². The first-order valence-electron chi connectivity index (χ1n) is 10.4. The molecule has 1 amide bonds. The third-order valence-corrected chi connectivity index (χ3v) is 7.81. The van der Waals surface area contributed by atoms with Gasteiger partial charge in [-0.1, -0.05) is 18.7 Å². The zero-order valence-electron chi connectivity index (χ0n) is 17.4. The van der Waals surface area contributed by atoms with E-state index in [4.69, 9.17) is 14.5 Å². The van der Waals surface area contributed by atoms with Gasteiger partial charge in [0.2, 0.25) is 12.7 Å². The summed E-state index contributed by atoms with van der Waals surface area (Å²) in [6.45, 7) is 4.91. The van der Waals surface area contributed by atoms with Gasteiger partial charge in [0.1, 0.15) is 4.83 Å². The van der Waals surface area contributed by atoms with Crippen LogP contribution in [0.3, 0.4) is 0 Å². The summed E-state index contributed by atoms with van der Waals surface area (Å²) in [7, 11) is 0. The molecule has 0 saturated carbocycles. The predicted molar refractivity (Wildman–Crippen MR) is 123 cm³/mol. The van der Waals surface area contributed by atoms with Crippen molar-refractivity contribution in [2.45, 2.75) is 44.8 Å². The number of aryl methyl sites for hydroxylation is 1. The number of carbonyl (C=O) groups excluding carboxylic acids is 1. The number of benzene rings is 1. The Labute approximate surface area is 187 Å².